The van der Waals surface area contributed by atoms with E-state index in [1.807, 2.05) is 0 Å². The second-order valence-electron chi connectivity index (χ2n) is 6.01. The van der Waals surface area contributed by atoms with Gasteiger partial charge in [0.05, 0.1) is 12.5 Å². The number of rotatable bonds is 4. The van der Waals surface area contributed by atoms with E-state index in [9.17, 15) is 19.5 Å². The van der Waals surface area contributed by atoms with Crippen molar-refractivity contribution in [2.45, 2.75) is 39.7 Å². The first-order chi connectivity index (χ1) is 9.70. The lowest BCUT2D eigenvalue weighted by atomic mass is 9.74. The van der Waals surface area contributed by atoms with Crippen LogP contribution in [0.15, 0.2) is 0 Å². The van der Waals surface area contributed by atoms with Crippen molar-refractivity contribution in [3.63, 3.8) is 0 Å². The van der Waals surface area contributed by atoms with Crippen molar-refractivity contribution in [3.05, 3.63) is 0 Å². The molecule has 2 unspecified atom stereocenters. The molecule has 2 N–H and O–H groups in total. The summed E-state index contributed by atoms with van der Waals surface area (Å²) in [7, 11) is 1.26. The number of carboxylic acids is 1. The Bertz CT molecular complexity index is 422. The highest BCUT2D eigenvalue weighted by Gasteiger charge is 2.40. The molecule has 7 nitrogen and oxygen atoms in total. The summed E-state index contributed by atoms with van der Waals surface area (Å²) in [5.41, 5.74) is -0.882. The lowest BCUT2D eigenvalue weighted by Gasteiger charge is -2.39. The van der Waals surface area contributed by atoms with Crippen LogP contribution in [0.1, 0.15) is 33.6 Å². The number of carboxylic acid groups (broad SMARTS) is 1. The Morgan fingerprint density at radius 2 is 2.00 bits per heavy atom. The van der Waals surface area contributed by atoms with Gasteiger partial charge in [0.2, 0.25) is 0 Å². The zero-order chi connectivity index (χ0) is 16.2. The summed E-state index contributed by atoms with van der Waals surface area (Å²) in [6, 6.07) is -1.09. The van der Waals surface area contributed by atoms with Gasteiger partial charge in [0.1, 0.15) is 6.04 Å². The predicted molar refractivity (Wildman–Crippen MR) is 75.7 cm³/mol. The SMILES string of the molecule is COC(=O)C(C)NC(=O)N1CCCC(C(C)(C)C(=O)O)C1. The van der Waals surface area contributed by atoms with Gasteiger partial charge >= 0.3 is 18.0 Å². The second kappa shape index (κ2) is 6.78. The zero-order valence-electron chi connectivity index (χ0n) is 13.0. The van der Waals surface area contributed by atoms with Gasteiger partial charge < -0.3 is 20.1 Å². The van der Waals surface area contributed by atoms with Gasteiger partial charge in [-0.05, 0) is 39.5 Å². The van der Waals surface area contributed by atoms with Crippen LogP contribution in [-0.2, 0) is 14.3 Å². The second-order valence-corrected chi connectivity index (χ2v) is 6.01. The predicted octanol–water partition coefficient (Wildman–Crippen LogP) is 1.08. The van der Waals surface area contributed by atoms with Crippen LogP contribution >= 0.6 is 0 Å². The molecule has 0 bridgehead atoms. The van der Waals surface area contributed by atoms with Gasteiger partial charge in [-0.3, -0.25) is 4.79 Å². The topological polar surface area (TPSA) is 95.9 Å². The molecular weight excluding hydrogens is 276 g/mol. The molecule has 0 aromatic heterocycles. The average Bonchev–Trinajstić information content (AvgIpc) is 2.46. The lowest BCUT2D eigenvalue weighted by Crippen LogP contribution is -2.52. The van der Waals surface area contributed by atoms with Crippen molar-refractivity contribution >= 4 is 18.0 Å². The van der Waals surface area contributed by atoms with Crippen molar-refractivity contribution < 1.29 is 24.2 Å². The van der Waals surface area contributed by atoms with Crippen molar-refractivity contribution in [1.82, 2.24) is 10.2 Å². The number of ether oxygens (including phenoxy) is 1. The minimum Gasteiger partial charge on any atom is -0.481 e. The molecule has 1 heterocycles. The van der Waals surface area contributed by atoms with Crippen LogP contribution < -0.4 is 5.32 Å². The smallest absolute Gasteiger partial charge is 0.328 e. The third-order valence-corrected chi connectivity index (χ3v) is 4.18. The minimum atomic E-state index is -0.882. The quantitative estimate of drug-likeness (QED) is 0.757. The highest BCUT2D eigenvalue weighted by Crippen LogP contribution is 2.34. The fourth-order valence-electron chi connectivity index (χ4n) is 2.44. The summed E-state index contributed by atoms with van der Waals surface area (Å²) in [5.74, 6) is -1.48. The molecule has 1 aliphatic rings. The van der Waals surface area contributed by atoms with E-state index < -0.39 is 23.4 Å². The number of esters is 1. The molecule has 0 spiro atoms. The van der Waals surface area contributed by atoms with Crippen LogP contribution in [-0.4, -0.2) is 54.2 Å². The van der Waals surface area contributed by atoms with E-state index in [1.54, 1.807) is 25.7 Å². The summed E-state index contributed by atoms with van der Waals surface area (Å²) in [6.45, 7) is 5.84. The molecule has 1 fully saturated rings. The lowest BCUT2D eigenvalue weighted by molar-refractivity contribution is -0.151. The minimum absolute atomic E-state index is 0.108. The van der Waals surface area contributed by atoms with Gasteiger partial charge in [0.25, 0.3) is 0 Å². The van der Waals surface area contributed by atoms with E-state index in [2.05, 4.69) is 10.1 Å². The number of nitrogens with one attached hydrogen (secondary N) is 1. The van der Waals surface area contributed by atoms with Crippen LogP contribution in [0.3, 0.4) is 0 Å². The Kier molecular flexibility index (Phi) is 5.57. The Morgan fingerprint density at radius 1 is 1.38 bits per heavy atom. The Morgan fingerprint density at radius 3 is 2.52 bits per heavy atom. The molecule has 0 aromatic rings. The maximum atomic E-state index is 12.1. The molecular formula is C14H24N2O5. The third-order valence-electron chi connectivity index (χ3n) is 4.18. The van der Waals surface area contributed by atoms with Gasteiger partial charge in [0, 0.05) is 13.1 Å². The number of nitrogens with zero attached hydrogens (tertiary/aromatic N) is 1. The summed E-state index contributed by atoms with van der Waals surface area (Å²) in [5, 5.41) is 11.9. The monoisotopic (exact) mass is 300 g/mol. The van der Waals surface area contributed by atoms with Gasteiger partial charge in [-0.2, -0.15) is 0 Å². The summed E-state index contributed by atoms with van der Waals surface area (Å²) < 4.78 is 4.56. The number of likely N-dealkylation sites (tertiary alicyclic amines) is 1. The van der Waals surface area contributed by atoms with Gasteiger partial charge in [0.15, 0.2) is 0 Å². The van der Waals surface area contributed by atoms with Crippen molar-refractivity contribution in [1.29, 1.82) is 0 Å². The summed E-state index contributed by atoms with van der Waals surface area (Å²) in [4.78, 5) is 36.3. The Hall–Kier alpha value is -1.79. The van der Waals surface area contributed by atoms with E-state index in [4.69, 9.17) is 0 Å². The molecule has 21 heavy (non-hydrogen) atoms. The van der Waals surface area contributed by atoms with Crippen LogP contribution in [0.2, 0.25) is 0 Å². The number of urea groups is 1. The van der Waals surface area contributed by atoms with E-state index >= 15 is 0 Å². The van der Waals surface area contributed by atoms with E-state index in [-0.39, 0.29) is 11.9 Å². The number of amides is 2. The molecule has 2 amide bonds. The first-order valence-corrected chi connectivity index (χ1v) is 7.06. The third kappa shape index (κ3) is 4.09. The molecule has 0 saturated carbocycles. The van der Waals surface area contributed by atoms with Crippen LogP contribution in [0, 0.1) is 11.3 Å². The fourth-order valence-corrected chi connectivity index (χ4v) is 2.44. The van der Waals surface area contributed by atoms with Crippen molar-refractivity contribution in [2.24, 2.45) is 11.3 Å². The number of hydrogen-bond acceptors (Lipinski definition) is 4. The fraction of sp³-hybridized carbons (Fsp3) is 0.786. The molecule has 7 heteroatoms. The number of carbonyl (C=O) groups is 3. The maximum Gasteiger partial charge on any atom is 0.328 e. The van der Waals surface area contributed by atoms with Crippen LogP contribution in [0.25, 0.3) is 0 Å². The first kappa shape index (κ1) is 17.3. The molecule has 2 atom stereocenters. The van der Waals surface area contributed by atoms with E-state index in [1.165, 1.54) is 7.11 Å². The normalized spacial score (nSPS) is 20.6. The number of methoxy groups -OCH3 is 1. The van der Waals surface area contributed by atoms with Gasteiger partial charge in [-0.15, -0.1) is 0 Å². The summed E-state index contributed by atoms with van der Waals surface area (Å²) >= 11 is 0. The number of aliphatic carboxylic acids is 1. The standard InChI is InChI=1S/C14H24N2O5/c1-9(11(17)21-4)15-13(20)16-7-5-6-10(8-16)14(2,3)12(18)19/h9-10H,5-8H2,1-4H3,(H,15,20)(H,18,19). The molecule has 0 aromatic carbocycles. The largest absolute Gasteiger partial charge is 0.481 e. The number of carbonyl (C=O) groups excluding carboxylic acids is 2. The molecule has 1 rings (SSSR count). The Labute approximate surface area is 124 Å². The first-order valence-electron chi connectivity index (χ1n) is 7.06. The molecule has 1 aliphatic heterocycles. The highest BCUT2D eigenvalue weighted by atomic mass is 16.5. The molecule has 0 aliphatic carbocycles. The van der Waals surface area contributed by atoms with Crippen molar-refractivity contribution in [3.8, 4) is 0 Å². The van der Waals surface area contributed by atoms with Gasteiger partial charge in [-0.1, -0.05) is 0 Å². The maximum absolute atomic E-state index is 12.1. The highest BCUT2D eigenvalue weighted by molar-refractivity contribution is 5.83. The molecule has 120 valence electrons. The average molecular weight is 300 g/mol. The zero-order valence-corrected chi connectivity index (χ0v) is 13.0. The van der Waals surface area contributed by atoms with E-state index in [0.717, 1.165) is 12.8 Å². The Balaban J connectivity index is 2.66. The van der Waals surface area contributed by atoms with Crippen LogP contribution in [0.4, 0.5) is 4.79 Å². The molecule has 1 saturated heterocycles. The van der Waals surface area contributed by atoms with Gasteiger partial charge in [-0.25, -0.2) is 9.59 Å². The van der Waals surface area contributed by atoms with E-state index in [0.29, 0.717) is 13.1 Å². The number of piperidine rings is 1. The summed E-state index contributed by atoms with van der Waals surface area (Å²) in [6.07, 6.45) is 1.52. The van der Waals surface area contributed by atoms with Crippen LogP contribution in [0.5, 0.6) is 0 Å². The number of hydrogen-bond donors (Lipinski definition) is 2. The molecule has 0 radical (unpaired) electrons. The van der Waals surface area contributed by atoms with Crippen molar-refractivity contribution in [2.75, 3.05) is 20.2 Å².